The summed E-state index contributed by atoms with van der Waals surface area (Å²) in [5, 5.41) is -5.47. The van der Waals surface area contributed by atoms with Gasteiger partial charge in [0.05, 0.1) is 0 Å². The molecule has 10 heavy (non-hydrogen) atoms. The van der Waals surface area contributed by atoms with Crippen LogP contribution in [0.15, 0.2) is 0 Å². The van der Waals surface area contributed by atoms with E-state index in [2.05, 4.69) is 11.6 Å². The van der Waals surface area contributed by atoms with Gasteiger partial charge in [0, 0.05) is 0 Å². The van der Waals surface area contributed by atoms with E-state index in [1.54, 1.807) is 0 Å². The highest BCUT2D eigenvalue weighted by Gasteiger charge is 2.45. The van der Waals surface area contributed by atoms with Crippen LogP contribution in [0.1, 0.15) is 0 Å². The Morgan fingerprint density at radius 3 is 1.90 bits per heavy atom. The Hall–Kier alpha value is 0.300. The first kappa shape index (κ1) is 10.3. The molecule has 0 aliphatic carbocycles. The Balaban J connectivity index is 4.09. The third-order valence-electron chi connectivity index (χ3n) is 0.844. The molecule has 0 spiro atoms. The van der Waals surface area contributed by atoms with E-state index in [1.165, 1.54) is 0 Å². The highest BCUT2D eigenvalue weighted by atomic mass is 35.5. The van der Waals surface area contributed by atoms with E-state index in [0.29, 0.717) is 0 Å². The monoisotopic (exact) mass is 198 g/mol. The molecule has 0 aromatic rings. The molecule has 0 radical (unpaired) electrons. The lowest BCUT2D eigenvalue weighted by Crippen LogP contribution is -2.36. The summed E-state index contributed by atoms with van der Waals surface area (Å²) >= 11 is 9.32. The summed E-state index contributed by atoms with van der Waals surface area (Å²) in [6, 6.07) is 0. The molecular weight excluding hydrogens is 195 g/mol. The van der Waals surface area contributed by atoms with E-state index in [4.69, 9.17) is 11.6 Å². The Labute approximate surface area is 65.1 Å². The van der Waals surface area contributed by atoms with Gasteiger partial charge in [-0.1, -0.05) is 11.6 Å². The maximum absolute atomic E-state index is 12.3. The minimum Gasteiger partial charge on any atom is -0.249 e. The molecule has 0 saturated carbocycles. The van der Waals surface area contributed by atoms with Crippen molar-refractivity contribution in [3.63, 3.8) is 0 Å². The van der Waals surface area contributed by atoms with Crippen LogP contribution in [0.4, 0.5) is 17.6 Å². The fraction of sp³-hybridized carbons (Fsp3) is 1.00. The van der Waals surface area contributed by atoms with Gasteiger partial charge < -0.3 is 0 Å². The van der Waals surface area contributed by atoms with Crippen LogP contribution in [-0.2, 0) is 0 Å². The standard InChI is InChI=1S/C4H4Cl2F4/c5-2(1-7)4(6,10)3(8)9/h2-3H,1H2. The first-order valence-corrected chi connectivity index (χ1v) is 3.10. The maximum Gasteiger partial charge on any atom is 0.287 e. The van der Waals surface area contributed by atoms with Crippen LogP contribution in [0.3, 0.4) is 0 Å². The van der Waals surface area contributed by atoms with Crippen molar-refractivity contribution in [3.8, 4) is 0 Å². The summed E-state index contributed by atoms with van der Waals surface area (Å²) in [7, 11) is 0. The Bertz CT molecular complexity index is 105. The fourth-order valence-electron chi connectivity index (χ4n) is 0.240. The summed E-state index contributed by atoms with van der Waals surface area (Å²) in [6.07, 6.45) is -3.48. The Morgan fingerprint density at radius 2 is 1.80 bits per heavy atom. The fourth-order valence-corrected chi connectivity index (χ4v) is 0.393. The van der Waals surface area contributed by atoms with Gasteiger partial charge in [0.25, 0.3) is 11.6 Å². The Morgan fingerprint density at radius 1 is 1.40 bits per heavy atom. The van der Waals surface area contributed by atoms with Gasteiger partial charge in [-0.15, -0.1) is 11.6 Å². The highest BCUT2D eigenvalue weighted by molar-refractivity contribution is 6.32. The van der Waals surface area contributed by atoms with E-state index < -0.39 is 23.6 Å². The molecule has 0 N–H and O–H groups in total. The summed E-state index contributed by atoms with van der Waals surface area (Å²) in [5.41, 5.74) is 0. The first-order valence-electron chi connectivity index (χ1n) is 2.29. The molecule has 2 atom stereocenters. The second-order valence-electron chi connectivity index (χ2n) is 1.60. The summed E-state index contributed by atoms with van der Waals surface area (Å²) < 4.78 is 46.7. The van der Waals surface area contributed by atoms with Crippen molar-refractivity contribution < 1.29 is 17.6 Å². The van der Waals surface area contributed by atoms with Gasteiger partial charge in [-0.25, -0.2) is 17.6 Å². The van der Waals surface area contributed by atoms with Gasteiger partial charge in [-0.2, -0.15) is 0 Å². The van der Waals surface area contributed by atoms with Crippen molar-refractivity contribution in [3.05, 3.63) is 0 Å². The minimum absolute atomic E-state index is 1.42. The van der Waals surface area contributed by atoms with Gasteiger partial charge >= 0.3 is 0 Å². The molecule has 62 valence electrons. The van der Waals surface area contributed by atoms with Crippen LogP contribution in [-0.4, -0.2) is 23.6 Å². The number of alkyl halides is 6. The molecule has 0 nitrogen and oxygen atoms in total. The summed E-state index contributed by atoms with van der Waals surface area (Å²) in [6.45, 7) is -1.42. The lowest BCUT2D eigenvalue weighted by molar-refractivity contribution is 0.0160. The largest absolute Gasteiger partial charge is 0.287 e. The molecule has 0 amide bonds. The topological polar surface area (TPSA) is 0 Å². The van der Waals surface area contributed by atoms with Crippen molar-refractivity contribution in [1.82, 2.24) is 0 Å². The van der Waals surface area contributed by atoms with E-state index in [9.17, 15) is 17.6 Å². The van der Waals surface area contributed by atoms with Crippen molar-refractivity contribution in [1.29, 1.82) is 0 Å². The predicted octanol–water partition coefficient (Wildman–Crippen LogP) is 2.73. The molecule has 0 bridgehead atoms. The van der Waals surface area contributed by atoms with Crippen molar-refractivity contribution in [2.24, 2.45) is 0 Å². The molecule has 0 heterocycles. The third-order valence-corrected chi connectivity index (χ3v) is 1.82. The third kappa shape index (κ3) is 2.16. The van der Waals surface area contributed by atoms with Crippen molar-refractivity contribution in [2.75, 3.05) is 6.67 Å². The van der Waals surface area contributed by atoms with Crippen molar-refractivity contribution >= 4 is 23.2 Å². The maximum atomic E-state index is 12.3. The smallest absolute Gasteiger partial charge is 0.249 e. The molecule has 0 aromatic heterocycles. The summed E-state index contributed by atoms with van der Waals surface area (Å²) in [5.74, 6) is 0. The lowest BCUT2D eigenvalue weighted by atomic mass is 10.3. The van der Waals surface area contributed by atoms with Crippen LogP contribution in [0.5, 0.6) is 0 Å². The van der Waals surface area contributed by atoms with Crippen LogP contribution in [0.25, 0.3) is 0 Å². The first-order chi connectivity index (χ1) is 4.42. The van der Waals surface area contributed by atoms with Gasteiger partial charge in [0.2, 0.25) is 0 Å². The number of rotatable bonds is 3. The molecule has 0 fully saturated rings. The van der Waals surface area contributed by atoms with E-state index in [0.717, 1.165) is 0 Å². The average Bonchev–Trinajstić information content (AvgIpc) is 1.86. The molecular formula is C4H4Cl2F4. The molecule has 0 aromatic carbocycles. The van der Waals surface area contributed by atoms with Gasteiger partial charge in [0.15, 0.2) is 0 Å². The summed E-state index contributed by atoms with van der Waals surface area (Å²) in [4.78, 5) is 0. The molecule has 0 saturated heterocycles. The van der Waals surface area contributed by atoms with E-state index >= 15 is 0 Å². The second kappa shape index (κ2) is 3.62. The highest BCUT2D eigenvalue weighted by Crippen LogP contribution is 2.33. The second-order valence-corrected chi connectivity index (χ2v) is 2.70. The number of halogens is 6. The van der Waals surface area contributed by atoms with Gasteiger partial charge in [-0.05, 0) is 0 Å². The number of hydrogen-bond acceptors (Lipinski definition) is 0. The molecule has 0 rings (SSSR count). The van der Waals surface area contributed by atoms with E-state index in [-0.39, 0.29) is 0 Å². The van der Waals surface area contributed by atoms with Crippen LogP contribution >= 0.6 is 23.2 Å². The normalized spacial score (nSPS) is 20.7. The zero-order valence-corrected chi connectivity index (χ0v) is 6.14. The predicted molar refractivity (Wildman–Crippen MR) is 31.3 cm³/mol. The average molecular weight is 199 g/mol. The van der Waals surface area contributed by atoms with Crippen LogP contribution in [0, 0.1) is 0 Å². The zero-order valence-electron chi connectivity index (χ0n) is 4.63. The molecule has 0 aliphatic rings. The Kier molecular flexibility index (Phi) is 3.73. The van der Waals surface area contributed by atoms with Gasteiger partial charge in [0.1, 0.15) is 12.1 Å². The minimum atomic E-state index is -3.48. The zero-order chi connectivity index (χ0) is 8.36. The van der Waals surface area contributed by atoms with Crippen LogP contribution < -0.4 is 0 Å². The lowest BCUT2D eigenvalue weighted by Gasteiger charge is -2.19. The SMILES string of the molecule is FCC(Cl)C(F)(Cl)C(F)F. The quantitative estimate of drug-likeness (QED) is 0.484. The van der Waals surface area contributed by atoms with Crippen LogP contribution in [0.2, 0.25) is 0 Å². The molecule has 6 heteroatoms. The molecule has 2 unspecified atom stereocenters. The van der Waals surface area contributed by atoms with Gasteiger partial charge in [-0.3, -0.25) is 0 Å². The van der Waals surface area contributed by atoms with E-state index in [1.807, 2.05) is 0 Å². The number of hydrogen-bond donors (Lipinski definition) is 0. The van der Waals surface area contributed by atoms with Crippen molar-refractivity contribution in [2.45, 2.75) is 16.9 Å². The molecule has 0 aliphatic heterocycles.